The van der Waals surface area contributed by atoms with E-state index in [1.54, 1.807) is 0 Å². The fourth-order valence-corrected chi connectivity index (χ4v) is 3.62. The first-order valence-corrected chi connectivity index (χ1v) is 11.4. The third-order valence-corrected chi connectivity index (χ3v) is 5.32. The van der Waals surface area contributed by atoms with Crippen molar-refractivity contribution in [3.63, 3.8) is 0 Å². The van der Waals surface area contributed by atoms with E-state index in [-0.39, 0.29) is 0 Å². The molecule has 1 atom stereocenters. The highest BCUT2D eigenvalue weighted by Gasteiger charge is 2.06. The molecular weight excluding hydrogens is 308 g/mol. The summed E-state index contributed by atoms with van der Waals surface area (Å²) in [4.78, 5) is 10.6. The van der Waals surface area contributed by atoms with Gasteiger partial charge in [0.05, 0.1) is 0 Å². The lowest BCUT2D eigenvalue weighted by atomic mass is 9.99. The summed E-state index contributed by atoms with van der Waals surface area (Å²) in [6, 6.07) is 0. The molecule has 0 aromatic carbocycles. The molecule has 0 aliphatic carbocycles. The van der Waals surface area contributed by atoms with E-state index in [4.69, 9.17) is 5.11 Å². The van der Waals surface area contributed by atoms with Crippen LogP contribution in [0.5, 0.6) is 0 Å². The Morgan fingerprint density at radius 3 is 1.28 bits per heavy atom. The second-order valence-electron chi connectivity index (χ2n) is 8.15. The minimum Gasteiger partial charge on any atom is -0.481 e. The van der Waals surface area contributed by atoms with Crippen LogP contribution in [-0.2, 0) is 4.79 Å². The summed E-state index contributed by atoms with van der Waals surface area (Å²) in [7, 11) is 0. The average molecular weight is 355 g/mol. The van der Waals surface area contributed by atoms with Gasteiger partial charge in [-0.05, 0) is 5.92 Å². The van der Waals surface area contributed by atoms with Crippen molar-refractivity contribution in [1.82, 2.24) is 0 Å². The second kappa shape index (κ2) is 19.8. The smallest absolute Gasteiger partial charge is 0.303 e. The Labute approximate surface area is 158 Å². The molecule has 0 unspecified atom stereocenters. The number of hydrogen-bond acceptors (Lipinski definition) is 1. The van der Waals surface area contributed by atoms with Gasteiger partial charge in [0.2, 0.25) is 0 Å². The van der Waals surface area contributed by atoms with Crippen LogP contribution in [-0.4, -0.2) is 11.1 Å². The number of aliphatic carboxylic acids is 1. The lowest BCUT2D eigenvalue weighted by molar-refractivity contribution is -0.138. The number of carboxylic acids is 1. The zero-order valence-corrected chi connectivity index (χ0v) is 17.4. The number of rotatable bonds is 20. The maximum absolute atomic E-state index is 10.6. The summed E-state index contributed by atoms with van der Waals surface area (Å²) in [6.45, 7) is 4.34. The van der Waals surface area contributed by atoms with Gasteiger partial charge in [0.15, 0.2) is 0 Å². The fourth-order valence-electron chi connectivity index (χ4n) is 3.62. The maximum atomic E-state index is 10.6. The monoisotopic (exact) mass is 354 g/mol. The molecule has 0 saturated carbocycles. The first-order chi connectivity index (χ1) is 12.2. The van der Waals surface area contributed by atoms with E-state index in [2.05, 4.69) is 13.8 Å². The Hall–Kier alpha value is -0.530. The van der Waals surface area contributed by atoms with Crippen molar-refractivity contribution in [3.05, 3.63) is 0 Å². The van der Waals surface area contributed by atoms with E-state index in [1.807, 2.05) is 0 Å². The largest absolute Gasteiger partial charge is 0.481 e. The van der Waals surface area contributed by atoms with Gasteiger partial charge in [-0.1, -0.05) is 129 Å². The van der Waals surface area contributed by atoms with E-state index in [9.17, 15) is 4.79 Å². The van der Waals surface area contributed by atoms with Gasteiger partial charge in [0.25, 0.3) is 0 Å². The summed E-state index contributed by atoms with van der Waals surface area (Å²) in [6.07, 6.45) is 25.2. The molecule has 1 N–H and O–H groups in total. The molecule has 0 saturated heterocycles. The first kappa shape index (κ1) is 24.5. The highest BCUT2D eigenvalue weighted by molar-refractivity contribution is 5.66. The van der Waals surface area contributed by atoms with Crippen LogP contribution >= 0.6 is 0 Å². The van der Waals surface area contributed by atoms with Crippen molar-refractivity contribution >= 4 is 5.97 Å². The predicted molar refractivity (Wildman–Crippen MR) is 110 cm³/mol. The van der Waals surface area contributed by atoms with Crippen LogP contribution in [0.3, 0.4) is 0 Å². The molecule has 0 bridgehead atoms. The summed E-state index contributed by atoms with van der Waals surface area (Å²) in [5, 5.41) is 8.73. The fraction of sp³-hybridized carbons (Fsp3) is 0.957. The van der Waals surface area contributed by atoms with E-state index in [0.29, 0.717) is 12.3 Å². The van der Waals surface area contributed by atoms with Crippen molar-refractivity contribution in [2.24, 2.45) is 5.92 Å². The Bertz CT molecular complexity index is 275. The molecule has 0 fully saturated rings. The highest BCUT2D eigenvalue weighted by atomic mass is 16.4. The Kier molecular flexibility index (Phi) is 19.4. The van der Waals surface area contributed by atoms with Gasteiger partial charge in [-0.2, -0.15) is 0 Å². The van der Waals surface area contributed by atoms with Gasteiger partial charge >= 0.3 is 5.97 Å². The molecule has 0 aliphatic heterocycles. The lowest BCUT2D eigenvalue weighted by Crippen LogP contribution is -2.03. The van der Waals surface area contributed by atoms with Crippen LogP contribution in [0, 0.1) is 5.92 Å². The number of hydrogen-bond donors (Lipinski definition) is 1. The second-order valence-corrected chi connectivity index (χ2v) is 8.15. The summed E-state index contributed by atoms with van der Waals surface area (Å²) in [5.41, 5.74) is 0. The predicted octanol–water partition coefficient (Wildman–Crippen LogP) is 8.14. The first-order valence-electron chi connectivity index (χ1n) is 11.4. The summed E-state index contributed by atoms with van der Waals surface area (Å²) in [5.74, 6) is -0.312. The van der Waals surface area contributed by atoms with Crippen LogP contribution in [0.2, 0.25) is 0 Å². The normalized spacial score (nSPS) is 12.4. The molecule has 25 heavy (non-hydrogen) atoms. The molecule has 0 heterocycles. The van der Waals surface area contributed by atoms with Gasteiger partial charge in [-0.25, -0.2) is 0 Å². The average Bonchev–Trinajstić information content (AvgIpc) is 2.57. The van der Waals surface area contributed by atoms with Gasteiger partial charge < -0.3 is 5.11 Å². The molecule has 2 nitrogen and oxygen atoms in total. The third-order valence-electron chi connectivity index (χ3n) is 5.32. The van der Waals surface area contributed by atoms with Crippen LogP contribution in [0.15, 0.2) is 0 Å². The van der Waals surface area contributed by atoms with Crippen LogP contribution in [0.25, 0.3) is 0 Å². The van der Waals surface area contributed by atoms with Crippen molar-refractivity contribution < 1.29 is 9.90 Å². The van der Waals surface area contributed by atoms with Gasteiger partial charge in [0.1, 0.15) is 0 Å². The molecule has 150 valence electrons. The van der Waals surface area contributed by atoms with Crippen molar-refractivity contribution in [2.45, 2.75) is 136 Å². The van der Waals surface area contributed by atoms with E-state index in [0.717, 1.165) is 6.42 Å². The number of unbranched alkanes of at least 4 members (excludes halogenated alkanes) is 16. The van der Waals surface area contributed by atoms with Crippen LogP contribution < -0.4 is 0 Å². The quantitative estimate of drug-likeness (QED) is 0.224. The Morgan fingerprint density at radius 1 is 0.640 bits per heavy atom. The molecule has 2 heteroatoms. The molecule has 0 aliphatic rings. The van der Waals surface area contributed by atoms with Crippen LogP contribution in [0.4, 0.5) is 0 Å². The van der Waals surface area contributed by atoms with E-state index in [1.165, 1.54) is 109 Å². The minimum absolute atomic E-state index is 0.332. The molecule has 0 rings (SSSR count). The van der Waals surface area contributed by atoms with E-state index < -0.39 is 5.97 Å². The SMILES string of the molecule is CCCCCCCCCCCCCCCCCCC[C@@H](C)CC(=O)O. The van der Waals surface area contributed by atoms with Crippen LogP contribution in [0.1, 0.15) is 136 Å². The Morgan fingerprint density at radius 2 is 0.960 bits per heavy atom. The zero-order chi connectivity index (χ0) is 18.6. The molecule has 0 aromatic rings. The lowest BCUT2D eigenvalue weighted by Gasteiger charge is -2.08. The molecule has 0 aromatic heterocycles. The van der Waals surface area contributed by atoms with Gasteiger partial charge in [0, 0.05) is 6.42 Å². The van der Waals surface area contributed by atoms with Crippen molar-refractivity contribution in [3.8, 4) is 0 Å². The topological polar surface area (TPSA) is 37.3 Å². The van der Waals surface area contributed by atoms with Crippen molar-refractivity contribution in [2.75, 3.05) is 0 Å². The standard InChI is InChI=1S/C23H46O2/c1-3-4-5-6-7-8-9-10-11-12-13-14-15-16-17-18-19-20-22(2)21-23(24)25/h22H,3-21H2,1-2H3,(H,24,25)/t22-/m1/s1. The Balaban J connectivity index is 3.06. The van der Waals surface area contributed by atoms with E-state index >= 15 is 0 Å². The minimum atomic E-state index is -0.653. The van der Waals surface area contributed by atoms with Gasteiger partial charge in [-0.3, -0.25) is 4.79 Å². The van der Waals surface area contributed by atoms with Crippen molar-refractivity contribution in [1.29, 1.82) is 0 Å². The summed E-state index contributed by atoms with van der Waals surface area (Å²) < 4.78 is 0. The summed E-state index contributed by atoms with van der Waals surface area (Å²) >= 11 is 0. The zero-order valence-electron chi connectivity index (χ0n) is 17.4. The molecule has 0 spiro atoms. The molecule has 0 amide bonds. The number of carbonyl (C=O) groups is 1. The molecule has 0 radical (unpaired) electrons. The highest BCUT2D eigenvalue weighted by Crippen LogP contribution is 2.16. The maximum Gasteiger partial charge on any atom is 0.303 e. The third kappa shape index (κ3) is 21.4. The van der Waals surface area contributed by atoms with Gasteiger partial charge in [-0.15, -0.1) is 0 Å². The molecular formula is C23H46O2. The number of carboxylic acid groups (broad SMARTS) is 1.